The monoisotopic (exact) mass is 257 g/mol. The number of hydrogen-bond acceptors (Lipinski definition) is 2. The molecule has 1 aromatic carbocycles. The Hall–Kier alpha value is -1.12. The van der Waals surface area contributed by atoms with Crippen LogP contribution in [0.3, 0.4) is 0 Å². The van der Waals surface area contributed by atoms with Crippen molar-refractivity contribution < 1.29 is 0 Å². The van der Waals surface area contributed by atoms with Gasteiger partial charge in [0.25, 0.3) is 0 Å². The van der Waals surface area contributed by atoms with E-state index < -0.39 is 0 Å². The van der Waals surface area contributed by atoms with E-state index in [1.165, 1.54) is 21.7 Å². The minimum atomic E-state index is 0.330. The van der Waals surface area contributed by atoms with E-state index in [-0.39, 0.29) is 0 Å². The van der Waals surface area contributed by atoms with Gasteiger partial charge in [0, 0.05) is 28.3 Å². The van der Waals surface area contributed by atoms with Gasteiger partial charge in [0.15, 0.2) is 0 Å². The largest absolute Gasteiger partial charge is 0.315 e. The Bertz CT molecular complexity index is 511. The minimum absolute atomic E-state index is 0.330. The molecule has 0 radical (unpaired) electrons. The predicted molar refractivity (Wildman–Crippen MR) is 78.4 cm³/mol. The number of nitrogens with one attached hydrogen (secondary N) is 1. The Balaban J connectivity index is 1.84. The molecule has 0 saturated carbocycles. The van der Waals surface area contributed by atoms with Crippen molar-refractivity contribution in [3.05, 3.63) is 57.8 Å². The topological polar surface area (TPSA) is 12.0 Å². The molecule has 3 rings (SSSR count). The van der Waals surface area contributed by atoms with Crippen molar-refractivity contribution in [1.82, 2.24) is 5.32 Å². The van der Waals surface area contributed by atoms with E-state index in [4.69, 9.17) is 0 Å². The van der Waals surface area contributed by atoms with Crippen molar-refractivity contribution in [3.63, 3.8) is 0 Å². The zero-order valence-corrected chi connectivity index (χ0v) is 11.6. The van der Waals surface area contributed by atoms with Crippen LogP contribution in [-0.4, -0.2) is 13.1 Å². The highest BCUT2D eigenvalue weighted by Gasteiger charge is 2.38. The molecular formula is C16H19NS. The summed E-state index contributed by atoms with van der Waals surface area (Å²) >= 11 is 1.98. The quantitative estimate of drug-likeness (QED) is 0.885. The third kappa shape index (κ3) is 2.11. The zero-order chi connectivity index (χ0) is 12.4. The van der Waals surface area contributed by atoms with Crippen LogP contribution >= 0.6 is 11.3 Å². The smallest absolute Gasteiger partial charge is 0.0250 e. The minimum Gasteiger partial charge on any atom is -0.315 e. The van der Waals surface area contributed by atoms with Gasteiger partial charge in [-0.05, 0) is 30.5 Å². The fourth-order valence-electron chi connectivity index (χ4n) is 2.69. The lowest BCUT2D eigenvalue weighted by atomic mass is 9.72. The van der Waals surface area contributed by atoms with E-state index in [9.17, 15) is 0 Å². The average Bonchev–Trinajstić information content (AvgIpc) is 2.82. The molecule has 1 fully saturated rings. The Labute approximate surface area is 113 Å². The summed E-state index contributed by atoms with van der Waals surface area (Å²) in [5.74, 6) is 0. The van der Waals surface area contributed by atoms with Gasteiger partial charge in [0.05, 0.1) is 0 Å². The number of hydrogen-bond donors (Lipinski definition) is 1. The summed E-state index contributed by atoms with van der Waals surface area (Å²) in [7, 11) is 0. The maximum atomic E-state index is 3.45. The van der Waals surface area contributed by atoms with E-state index in [0.717, 1.165) is 19.5 Å². The SMILES string of the molecule is CCc1ccc(CC2(c3ccccc3)CNC2)s1. The van der Waals surface area contributed by atoms with Crippen LogP contribution in [0.5, 0.6) is 0 Å². The molecule has 0 bridgehead atoms. The molecule has 1 saturated heterocycles. The highest BCUT2D eigenvalue weighted by molar-refractivity contribution is 7.12. The summed E-state index contributed by atoms with van der Waals surface area (Å²) < 4.78 is 0. The van der Waals surface area contributed by atoms with E-state index in [2.05, 4.69) is 54.7 Å². The van der Waals surface area contributed by atoms with Gasteiger partial charge in [-0.1, -0.05) is 37.3 Å². The lowest BCUT2D eigenvalue weighted by Crippen LogP contribution is -2.58. The summed E-state index contributed by atoms with van der Waals surface area (Å²) in [5, 5.41) is 3.45. The molecule has 18 heavy (non-hydrogen) atoms. The second-order valence-corrected chi connectivity index (χ2v) is 6.40. The fourth-order valence-corrected chi connectivity index (χ4v) is 3.79. The summed E-state index contributed by atoms with van der Waals surface area (Å²) in [6.45, 7) is 4.44. The first-order chi connectivity index (χ1) is 8.82. The number of thiophene rings is 1. The Morgan fingerprint density at radius 3 is 2.33 bits per heavy atom. The molecule has 1 aliphatic heterocycles. The normalized spacial score (nSPS) is 17.4. The van der Waals surface area contributed by atoms with E-state index >= 15 is 0 Å². The van der Waals surface area contributed by atoms with Gasteiger partial charge in [-0.3, -0.25) is 0 Å². The van der Waals surface area contributed by atoms with Gasteiger partial charge >= 0.3 is 0 Å². The summed E-state index contributed by atoms with van der Waals surface area (Å²) in [6, 6.07) is 15.5. The first-order valence-corrected chi connectivity index (χ1v) is 7.48. The maximum absolute atomic E-state index is 3.45. The lowest BCUT2D eigenvalue weighted by molar-refractivity contribution is 0.276. The van der Waals surface area contributed by atoms with Crippen molar-refractivity contribution >= 4 is 11.3 Å². The first kappa shape index (κ1) is 11.9. The predicted octanol–water partition coefficient (Wildman–Crippen LogP) is 3.39. The van der Waals surface area contributed by atoms with Crippen molar-refractivity contribution in [2.45, 2.75) is 25.2 Å². The van der Waals surface area contributed by atoms with E-state index in [1.54, 1.807) is 0 Å². The summed E-state index contributed by atoms with van der Waals surface area (Å²) in [5.41, 5.74) is 1.81. The molecule has 2 aromatic rings. The second-order valence-electron chi connectivity index (χ2n) is 5.15. The molecule has 1 nitrogen and oxygen atoms in total. The second kappa shape index (κ2) is 4.87. The van der Waals surface area contributed by atoms with Crippen molar-refractivity contribution in [3.8, 4) is 0 Å². The number of benzene rings is 1. The molecule has 94 valence electrons. The van der Waals surface area contributed by atoms with Crippen molar-refractivity contribution in [2.24, 2.45) is 0 Å². The van der Waals surface area contributed by atoms with Crippen LogP contribution in [0.4, 0.5) is 0 Å². The third-order valence-electron chi connectivity index (χ3n) is 3.89. The van der Waals surface area contributed by atoms with Gasteiger partial charge < -0.3 is 5.32 Å². The van der Waals surface area contributed by atoms with Crippen LogP contribution in [-0.2, 0) is 18.3 Å². The van der Waals surface area contributed by atoms with Gasteiger partial charge in [-0.2, -0.15) is 0 Å². The van der Waals surface area contributed by atoms with E-state index in [1.807, 2.05) is 11.3 Å². The zero-order valence-electron chi connectivity index (χ0n) is 10.8. The Morgan fingerprint density at radius 2 is 1.78 bits per heavy atom. The molecule has 0 atom stereocenters. The molecule has 1 N–H and O–H groups in total. The molecule has 2 heteroatoms. The maximum Gasteiger partial charge on any atom is 0.0250 e. The van der Waals surface area contributed by atoms with Crippen LogP contribution in [0, 0.1) is 0 Å². The molecule has 1 aromatic heterocycles. The summed E-state index contributed by atoms with van der Waals surface area (Å²) in [4.78, 5) is 3.03. The molecule has 0 unspecified atom stereocenters. The molecule has 2 heterocycles. The van der Waals surface area contributed by atoms with Gasteiger partial charge in [-0.15, -0.1) is 11.3 Å². The fraction of sp³-hybridized carbons (Fsp3) is 0.375. The molecule has 0 aliphatic carbocycles. The van der Waals surface area contributed by atoms with Crippen molar-refractivity contribution in [2.75, 3.05) is 13.1 Å². The highest BCUT2D eigenvalue weighted by Crippen LogP contribution is 2.34. The van der Waals surface area contributed by atoms with Gasteiger partial charge in [-0.25, -0.2) is 0 Å². The molecule has 0 spiro atoms. The van der Waals surface area contributed by atoms with Crippen molar-refractivity contribution in [1.29, 1.82) is 0 Å². The highest BCUT2D eigenvalue weighted by atomic mass is 32.1. The van der Waals surface area contributed by atoms with Crippen LogP contribution in [0.15, 0.2) is 42.5 Å². The molecule has 1 aliphatic rings. The van der Waals surface area contributed by atoms with Crippen LogP contribution in [0.2, 0.25) is 0 Å². The Morgan fingerprint density at radius 1 is 1.06 bits per heavy atom. The van der Waals surface area contributed by atoms with Crippen LogP contribution in [0.1, 0.15) is 22.2 Å². The lowest BCUT2D eigenvalue weighted by Gasteiger charge is -2.43. The molecular weight excluding hydrogens is 238 g/mol. The Kier molecular flexibility index (Phi) is 3.23. The first-order valence-electron chi connectivity index (χ1n) is 6.66. The van der Waals surface area contributed by atoms with Crippen LogP contribution < -0.4 is 5.32 Å². The third-order valence-corrected chi connectivity index (χ3v) is 5.12. The van der Waals surface area contributed by atoms with Crippen LogP contribution in [0.25, 0.3) is 0 Å². The number of rotatable bonds is 4. The van der Waals surface area contributed by atoms with Gasteiger partial charge in [0.2, 0.25) is 0 Å². The van der Waals surface area contributed by atoms with E-state index in [0.29, 0.717) is 5.41 Å². The molecule has 0 amide bonds. The summed E-state index contributed by atoms with van der Waals surface area (Å²) in [6.07, 6.45) is 2.33. The standard InChI is InChI=1S/C16H19NS/c1-2-14-8-9-15(18-14)10-16(11-17-12-16)13-6-4-3-5-7-13/h3-9,17H,2,10-12H2,1H3. The average molecular weight is 257 g/mol. The number of aryl methyl sites for hydroxylation is 1. The van der Waals surface area contributed by atoms with Gasteiger partial charge in [0.1, 0.15) is 0 Å².